The summed E-state index contributed by atoms with van der Waals surface area (Å²) >= 11 is 7.08. The lowest BCUT2D eigenvalue weighted by Gasteiger charge is -2.38. The highest BCUT2D eigenvalue weighted by Gasteiger charge is 2.42. The van der Waals surface area contributed by atoms with Gasteiger partial charge in [-0.3, -0.25) is 19.3 Å². The number of nitrogens with zero attached hydrogens (tertiary/aromatic N) is 1. The van der Waals surface area contributed by atoms with Crippen LogP contribution >= 0.6 is 23.4 Å². The van der Waals surface area contributed by atoms with E-state index in [2.05, 4.69) is 5.32 Å². The van der Waals surface area contributed by atoms with E-state index in [1.54, 1.807) is 12.1 Å². The third kappa shape index (κ3) is 4.58. The number of benzene rings is 1. The minimum absolute atomic E-state index is 0.0665. The number of ketones is 1. The van der Waals surface area contributed by atoms with Crippen molar-refractivity contribution in [2.75, 3.05) is 18.9 Å². The van der Waals surface area contributed by atoms with Gasteiger partial charge in [0.25, 0.3) is 0 Å². The van der Waals surface area contributed by atoms with E-state index in [0.29, 0.717) is 17.3 Å². The zero-order chi connectivity index (χ0) is 18.5. The molecular formula is C18H21ClN2O4S. The summed E-state index contributed by atoms with van der Waals surface area (Å²) in [6.45, 7) is 0.850. The number of nitrogens with one attached hydrogen (secondary N) is 1. The quantitative estimate of drug-likeness (QED) is 0.743. The molecule has 0 aromatic heterocycles. The molecule has 6 nitrogen and oxygen atoms in total. The number of thioether (sulfide) groups is 1. The van der Waals surface area contributed by atoms with Gasteiger partial charge in [-0.25, -0.2) is 0 Å². The summed E-state index contributed by atoms with van der Waals surface area (Å²) < 4.78 is 5.54. The van der Waals surface area contributed by atoms with Crippen LogP contribution in [0.25, 0.3) is 0 Å². The molecule has 2 atom stereocenters. The van der Waals surface area contributed by atoms with Crippen LogP contribution in [0.3, 0.4) is 0 Å². The number of piperidine rings is 1. The summed E-state index contributed by atoms with van der Waals surface area (Å²) in [6, 6.07) is 6.38. The maximum absolute atomic E-state index is 12.3. The number of likely N-dealkylation sites (tertiary alicyclic amines) is 1. The molecule has 2 unspecified atom stereocenters. The average Bonchev–Trinajstić information content (AvgIpc) is 2.96. The zero-order valence-electron chi connectivity index (χ0n) is 14.3. The Kier molecular flexibility index (Phi) is 6.56. The van der Waals surface area contributed by atoms with E-state index in [0.717, 1.165) is 31.0 Å². The fraction of sp³-hybridized carbons (Fsp3) is 0.500. The van der Waals surface area contributed by atoms with E-state index < -0.39 is 6.04 Å². The number of hydrogen-bond donors (Lipinski definition) is 1. The summed E-state index contributed by atoms with van der Waals surface area (Å²) in [4.78, 5) is 38.2. The Balaban J connectivity index is 1.52. The molecule has 8 heteroatoms. The molecule has 0 aliphatic carbocycles. The first-order valence-corrected chi connectivity index (χ1v) is 10.0. The molecule has 2 saturated heterocycles. The first kappa shape index (κ1) is 19.2. The molecule has 1 N–H and O–H groups in total. The molecule has 0 bridgehead atoms. The Hall–Kier alpha value is -1.57. The number of amides is 1. The molecule has 0 spiro atoms. The number of ether oxygens (including phenoxy) is 1. The molecular weight excluding hydrogens is 376 g/mol. The molecule has 140 valence electrons. The molecule has 2 aliphatic rings. The van der Waals surface area contributed by atoms with Crippen molar-refractivity contribution in [3.8, 4) is 5.75 Å². The maximum Gasteiger partial charge on any atom is 0.224 e. The van der Waals surface area contributed by atoms with Crippen LogP contribution in [-0.2, 0) is 14.4 Å². The van der Waals surface area contributed by atoms with E-state index in [9.17, 15) is 14.4 Å². The average molecular weight is 397 g/mol. The van der Waals surface area contributed by atoms with Gasteiger partial charge in [-0.2, -0.15) is 0 Å². The summed E-state index contributed by atoms with van der Waals surface area (Å²) in [6.07, 6.45) is 2.51. The van der Waals surface area contributed by atoms with Gasteiger partial charge in [-0.1, -0.05) is 35.5 Å². The number of hydrogen-bond acceptors (Lipinski definition) is 6. The monoisotopic (exact) mass is 396 g/mol. The van der Waals surface area contributed by atoms with Crippen LogP contribution in [0, 0.1) is 0 Å². The van der Waals surface area contributed by atoms with Crippen LogP contribution in [-0.4, -0.2) is 52.8 Å². The first-order valence-electron chi connectivity index (χ1n) is 8.68. The summed E-state index contributed by atoms with van der Waals surface area (Å²) in [5.41, 5.74) is 0. The van der Waals surface area contributed by atoms with Crippen molar-refractivity contribution >= 4 is 40.2 Å². The van der Waals surface area contributed by atoms with Gasteiger partial charge in [-0.15, -0.1) is 0 Å². The number of carbonyl (C=O) groups is 3. The summed E-state index contributed by atoms with van der Waals surface area (Å²) in [7, 11) is 0. The lowest BCUT2D eigenvalue weighted by atomic mass is 10.0. The molecule has 0 saturated carbocycles. The van der Waals surface area contributed by atoms with Crippen LogP contribution < -0.4 is 10.1 Å². The minimum Gasteiger partial charge on any atom is -0.491 e. The van der Waals surface area contributed by atoms with Gasteiger partial charge < -0.3 is 10.1 Å². The third-order valence-electron chi connectivity index (χ3n) is 4.51. The van der Waals surface area contributed by atoms with E-state index in [4.69, 9.17) is 16.3 Å². The van der Waals surface area contributed by atoms with E-state index >= 15 is 0 Å². The molecule has 26 heavy (non-hydrogen) atoms. The van der Waals surface area contributed by atoms with Crippen molar-refractivity contribution < 1.29 is 19.1 Å². The standard InChI is InChI=1S/C18H21ClN2O4S/c19-12-5-1-2-6-14(12)25-10-8-16(23)20-15-7-3-4-9-21(15)17-13(22)11-26-18(17)24/h1-2,5-6,15,17H,3-4,7-11H2,(H,20,23). The number of rotatable bonds is 6. The van der Waals surface area contributed by atoms with E-state index in [-0.39, 0.29) is 41.8 Å². The van der Waals surface area contributed by atoms with Crippen LogP contribution in [0.5, 0.6) is 5.75 Å². The number of carbonyl (C=O) groups excluding carboxylic acids is 3. The van der Waals surface area contributed by atoms with Crippen LogP contribution in [0.4, 0.5) is 0 Å². The van der Waals surface area contributed by atoms with Crippen molar-refractivity contribution in [1.29, 1.82) is 0 Å². The summed E-state index contributed by atoms with van der Waals surface area (Å²) in [5.74, 6) is 0.537. The topological polar surface area (TPSA) is 75.7 Å². The highest BCUT2D eigenvalue weighted by Crippen LogP contribution is 2.27. The Bertz CT molecular complexity index is 684. The fourth-order valence-electron chi connectivity index (χ4n) is 3.24. The van der Waals surface area contributed by atoms with Crippen LogP contribution in [0.2, 0.25) is 5.02 Å². The molecule has 2 aliphatic heterocycles. The van der Waals surface area contributed by atoms with Crippen molar-refractivity contribution in [3.63, 3.8) is 0 Å². The smallest absolute Gasteiger partial charge is 0.224 e. The molecule has 2 heterocycles. The molecule has 2 fully saturated rings. The van der Waals surface area contributed by atoms with Crippen molar-refractivity contribution in [2.45, 2.75) is 37.9 Å². The van der Waals surface area contributed by atoms with Gasteiger partial charge in [0.05, 0.1) is 30.0 Å². The predicted molar refractivity (Wildman–Crippen MR) is 100 cm³/mol. The minimum atomic E-state index is -0.718. The number of para-hydroxylation sites is 1. The molecule has 1 aromatic rings. The second-order valence-electron chi connectivity index (χ2n) is 6.32. The van der Waals surface area contributed by atoms with Gasteiger partial charge >= 0.3 is 0 Å². The second kappa shape index (κ2) is 8.88. The van der Waals surface area contributed by atoms with Gasteiger partial charge in [0.15, 0.2) is 5.78 Å². The first-order chi connectivity index (χ1) is 12.6. The lowest BCUT2D eigenvalue weighted by Crippen LogP contribution is -2.57. The normalized spacial score (nSPS) is 23.9. The Morgan fingerprint density at radius 2 is 2.12 bits per heavy atom. The van der Waals surface area contributed by atoms with Crippen molar-refractivity contribution in [1.82, 2.24) is 10.2 Å². The van der Waals surface area contributed by atoms with Gasteiger partial charge in [0.1, 0.15) is 11.8 Å². The van der Waals surface area contributed by atoms with Gasteiger partial charge in [-0.05, 0) is 31.4 Å². The van der Waals surface area contributed by atoms with Crippen LogP contribution in [0.15, 0.2) is 24.3 Å². The zero-order valence-corrected chi connectivity index (χ0v) is 15.9. The molecule has 1 aromatic carbocycles. The van der Waals surface area contributed by atoms with Gasteiger partial charge in [0.2, 0.25) is 11.0 Å². The highest BCUT2D eigenvalue weighted by atomic mass is 35.5. The fourth-order valence-corrected chi connectivity index (χ4v) is 4.30. The van der Waals surface area contributed by atoms with E-state index in [1.807, 2.05) is 17.0 Å². The highest BCUT2D eigenvalue weighted by molar-refractivity contribution is 8.15. The van der Waals surface area contributed by atoms with Crippen molar-refractivity contribution in [3.05, 3.63) is 29.3 Å². The summed E-state index contributed by atoms with van der Waals surface area (Å²) in [5, 5.41) is 3.34. The number of Topliss-reactive ketones (excluding diaryl/α,β-unsaturated/α-hetero) is 1. The Morgan fingerprint density at radius 1 is 1.31 bits per heavy atom. The molecule has 0 radical (unpaired) electrons. The molecule has 3 rings (SSSR count). The second-order valence-corrected chi connectivity index (χ2v) is 7.71. The van der Waals surface area contributed by atoms with Crippen molar-refractivity contribution in [2.24, 2.45) is 0 Å². The SMILES string of the molecule is O=C(CCOc1ccccc1Cl)NC1CCCCN1C1C(=O)CSC1=O. The lowest BCUT2D eigenvalue weighted by molar-refractivity contribution is -0.133. The van der Waals surface area contributed by atoms with Gasteiger partial charge in [0, 0.05) is 6.54 Å². The predicted octanol–water partition coefficient (Wildman–Crippen LogP) is 2.25. The van der Waals surface area contributed by atoms with Crippen LogP contribution in [0.1, 0.15) is 25.7 Å². The Labute approximate surface area is 161 Å². The largest absolute Gasteiger partial charge is 0.491 e. The number of halogens is 1. The maximum atomic E-state index is 12.3. The Morgan fingerprint density at radius 3 is 2.85 bits per heavy atom. The third-order valence-corrected chi connectivity index (χ3v) is 5.76. The molecule has 1 amide bonds. The van der Waals surface area contributed by atoms with E-state index in [1.165, 1.54) is 0 Å².